The van der Waals surface area contributed by atoms with Crippen LogP contribution in [-0.4, -0.2) is 27.7 Å². The van der Waals surface area contributed by atoms with E-state index in [1.807, 2.05) is 24.3 Å². The van der Waals surface area contributed by atoms with Crippen molar-refractivity contribution in [1.29, 1.82) is 0 Å². The minimum atomic E-state index is 0.485. The molecule has 1 fully saturated rings. The van der Waals surface area contributed by atoms with Crippen LogP contribution in [0.2, 0.25) is 0 Å². The van der Waals surface area contributed by atoms with Crippen LogP contribution in [0.4, 0.5) is 0 Å². The van der Waals surface area contributed by atoms with Crippen molar-refractivity contribution in [2.24, 2.45) is 11.0 Å². The van der Waals surface area contributed by atoms with E-state index in [1.165, 1.54) is 32.1 Å². The van der Waals surface area contributed by atoms with Crippen molar-refractivity contribution in [2.45, 2.75) is 44.9 Å². The lowest BCUT2D eigenvalue weighted by atomic mass is 9.86. The highest BCUT2D eigenvalue weighted by Crippen LogP contribution is 2.27. The van der Waals surface area contributed by atoms with E-state index in [0.29, 0.717) is 11.4 Å². The first-order valence-corrected chi connectivity index (χ1v) is 9.71. The van der Waals surface area contributed by atoms with E-state index in [0.717, 1.165) is 35.9 Å². The number of benzene rings is 1. The maximum atomic E-state index is 5.56. The minimum absolute atomic E-state index is 0.485. The molecule has 1 aliphatic carbocycles. The number of ether oxygens (including phenoxy) is 1. The average Bonchev–Trinajstić information content (AvgIpc) is 3.04. The molecule has 6 heteroatoms. The largest absolute Gasteiger partial charge is 0.490 e. The maximum Gasteiger partial charge on any atom is 0.216 e. The molecule has 138 valence electrons. The molecule has 1 N–H and O–H groups in total. The van der Waals surface area contributed by atoms with Gasteiger partial charge in [0.15, 0.2) is 5.82 Å². The Hall–Kier alpha value is -2.21. The maximum absolute atomic E-state index is 5.56. The van der Waals surface area contributed by atoms with Gasteiger partial charge >= 0.3 is 0 Å². The fourth-order valence-electron chi connectivity index (χ4n) is 3.38. The number of aromatic nitrogens is 3. The van der Waals surface area contributed by atoms with E-state index >= 15 is 0 Å². The molecule has 1 heterocycles. The summed E-state index contributed by atoms with van der Waals surface area (Å²) in [5.41, 5.74) is 0.952. The summed E-state index contributed by atoms with van der Waals surface area (Å²) in [5, 5.41) is 11.8. The molecule has 2 aromatic rings. The number of H-pyrrole nitrogens is 1. The van der Waals surface area contributed by atoms with Crippen LogP contribution in [0.15, 0.2) is 42.0 Å². The highest BCUT2D eigenvalue weighted by molar-refractivity contribution is 7.71. The van der Waals surface area contributed by atoms with Gasteiger partial charge in [0.25, 0.3) is 0 Å². The van der Waals surface area contributed by atoms with Crippen molar-refractivity contribution in [3.8, 4) is 5.75 Å². The number of nitrogens with zero attached hydrogens (tertiary/aromatic N) is 3. The van der Waals surface area contributed by atoms with Gasteiger partial charge in [-0.3, -0.25) is 5.10 Å². The van der Waals surface area contributed by atoms with Crippen molar-refractivity contribution in [2.75, 3.05) is 6.61 Å². The van der Waals surface area contributed by atoms with Gasteiger partial charge in [-0.05, 0) is 42.3 Å². The SMILES string of the molecule is C=CCOc1cccc(/C=N\n2c(CCC3CCCCC3)n[nH]c2=S)c1. The van der Waals surface area contributed by atoms with Crippen LogP contribution in [0.1, 0.15) is 49.9 Å². The van der Waals surface area contributed by atoms with Crippen molar-refractivity contribution < 1.29 is 4.74 Å². The zero-order valence-corrected chi connectivity index (χ0v) is 15.9. The van der Waals surface area contributed by atoms with E-state index in [-0.39, 0.29) is 0 Å². The third kappa shape index (κ3) is 5.14. The van der Waals surface area contributed by atoms with Crippen LogP contribution in [0.25, 0.3) is 0 Å². The zero-order chi connectivity index (χ0) is 18.2. The first-order chi connectivity index (χ1) is 12.8. The van der Waals surface area contributed by atoms with Gasteiger partial charge in [0.05, 0.1) is 6.21 Å². The molecule has 0 amide bonds. The molecule has 0 atom stereocenters. The van der Waals surface area contributed by atoms with Crippen LogP contribution < -0.4 is 4.74 Å². The predicted octanol–water partition coefficient (Wildman–Crippen LogP) is 4.90. The minimum Gasteiger partial charge on any atom is -0.490 e. The van der Waals surface area contributed by atoms with Crippen LogP contribution in [0, 0.1) is 10.7 Å². The van der Waals surface area contributed by atoms with E-state index in [1.54, 1.807) is 17.0 Å². The number of rotatable bonds is 8. The molecule has 0 aliphatic heterocycles. The summed E-state index contributed by atoms with van der Waals surface area (Å²) in [6, 6.07) is 7.78. The lowest BCUT2D eigenvalue weighted by molar-refractivity contribution is 0.336. The van der Waals surface area contributed by atoms with Crippen molar-refractivity contribution in [3.05, 3.63) is 53.1 Å². The Labute approximate surface area is 159 Å². The molecule has 3 rings (SSSR count). The van der Waals surface area contributed by atoms with Crippen molar-refractivity contribution in [1.82, 2.24) is 14.9 Å². The second kappa shape index (κ2) is 9.48. The zero-order valence-electron chi connectivity index (χ0n) is 15.1. The Bertz CT molecular complexity index is 802. The highest BCUT2D eigenvalue weighted by atomic mass is 32.1. The molecule has 0 saturated heterocycles. The van der Waals surface area contributed by atoms with Gasteiger partial charge in [-0.25, -0.2) is 0 Å². The molecular formula is C20H26N4OS. The summed E-state index contributed by atoms with van der Waals surface area (Å²) in [7, 11) is 0. The summed E-state index contributed by atoms with van der Waals surface area (Å²) in [5.74, 6) is 2.50. The lowest BCUT2D eigenvalue weighted by Gasteiger charge is -2.20. The summed E-state index contributed by atoms with van der Waals surface area (Å²) < 4.78 is 7.82. The van der Waals surface area contributed by atoms with E-state index in [2.05, 4.69) is 21.9 Å². The molecule has 0 radical (unpaired) electrons. The number of hydrogen-bond donors (Lipinski definition) is 1. The lowest BCUT2D eigenvalue weighted by Crippen LogP contribution is -2.09. The molecule has 1 aromatic carbocycles. The predicted molar refractivity (Wildman–Crippen MR) is 107 cm³/mol. The standard InChI is InChI=1S/C20H26N4OS/c1-2-13-25-18-10-6-9-17(14-18)15-21-24-19(22-23-20(24)26)12-11-16-7-4-3-5-8-16/h2,6,9-10,14-16H,1,3-5,7-8,11-13H2,(H,23,26)/b21-15-. The summed E-state index contributed by atoms with van der Waals surface area (Å²) in [4.78, 5) is 0. The third-order valence-corrected chi connectivity index (χ3v) is 5.03. The first-order valence-electron chi connectivity index (χ1n) is 9.30. The number of hydrogen-bond acceptors (Lipinski definition) is 4. The Balaban J connectivity index is 1.67. The number of nitrogens with one attached hydrogen (secondary N) is 1. The topological polar surface area (TPSA) is 55.2 Å². The van der Waals surface area contributed by atoms with Crippen molar-refractivity contribution in [3.63, 3.8) is 0 Å². The number of aryl methyl sites for hydroxylation is 1. The van der Waals surface area contributed by atoms with E-state index < -0.39 is 0 Å². The van der Waals surface area contributed by atoms with Crippen LogP contribution in [-0.2, 0) is 6.42 Å². The van der Waals surface area contributed by atoms with Crippen LogP contribution in [0.5, 0.6) is 5.75 Å². The van der Waals surface area contributed by atoms with E-state index in [4.69, 9.17) is 17.0 Å². The molecule has 0 unspecified atom stereocenters. The summed E-state index contributed by atoms with van der Waals surface area (Å²) >= 11 is 5.34. The van der Waals surface area contributed by atoms with Gasteiger partial charge in [0.1, 0.15) is 12.4 Å². The number of aromatic amines is 1. The Morgan fingerprint density at radius 2 is 2.19 bits per heavy atom. The second-order valence-corrected chi connectivity index (χ2v) is 7.10. The van der Waals surface area contributed by atoms with Gasteiger partial charge in [-0.2, -0.15) is 14.9 Å². The van der Waals surface area contributed by atoms with E-state index in [9.17, 15) is 0 Å². The molecule has 26 heavy (non-hydrogen) atoms. The van der Waals surface area contributed by atoms with Gasteiger partial charge in [0.2, 0.25) is 4.77 Å². The van der Waals surface area contributed by atoms with Gasteiger partial charge in [0, 0.05) is 6.42 Å². The second-order valence-electron chi connectivity index (χ2n) is 6.72. The van der Waals surface area contributed by atoms with Crippen LogP contribution >= 0.6 is 12.2 Å². The van der Waals surface area contributed by atoms with Crippen LogP contribution in [0.3, 0.4) is 0 Å². The third-order valence-electron chi connectivity index (χ3n) is 4.77. The quantitative estimate of drug-likeness (QED) is 0.408. The molecule has 0 spiro atoms. The molecule has 1 saturated carbocycles. The Morgan fingerprint density at radius 3 is 3.00 bits per heavy atom. The van der Waals surface area contributed by atoms with Crippen molar-refractivity contribution >= 4 is 18.4 Å². The van der Waals surface area contributed by atoms with Gasteiger partial charge in [-0.15, -0.1) is 0 Å². The summed E-state index contributed by atoms with van der Waals surface area (Å²) in [6.07, 6.45) is 12.4. The fraction of sp³-hybridized carbons (Fsp3) is 0.450. The average molecular weight is 371 g/mol. The normalized spacial score (nSPS) is 15.4. The smallest absolute Gasteiger partial charge is 0.216 e. The first kappa shape index (κ1) is 18.6. The van der Waals surface area contributed by atoms with Gasteiger partial charge < -0.3 is 4.74 Å². The monoisotopic (exact) mass is 370 g/mol. The molecule has 1 aromatic heterocycles. The summed E-state index contributed by atoms with van der Waals surface area (Å²) in [6.45, 7) is 4.15. The highest BCUT2D eigenvalue weighted by Gasteiger charge is 2.15. The fourth-order valence-corrected chi connectivity index (χ4v) is 3.58. The Kier molecular flexibility index (Phi) is 6.77. The molecule has 1 aliphatic rings. The molecular weight excluding hydrogens is 344 g/mol. The molecule has 5 nitrogen and oxygen atoms in total. The van der Waals surface area contributed by atoms with Gasteiger partial charge in [-0.1, -0.05) is 56.9 Å². The molecule has 0 bridgehead atoms. The Morgan fingerprint density at radius 1 is 1.35 bits per heavy atom.